The Labute approximate surface area is 518 Å². The number of carbonyl (C=O) groups is 7. The lowest BCUT2D eigenvalue weighted by Gasteiger charge is -2.35. The number of nitrogens with one attached hydrogen (secondary N) is 5. The highest BCUT2D eigenvalue weighted by Crippen LogP contribution is 2.45. The molecule has 5 aromatic carbocycles. The molecule has 0 saturated carbocycles. The number of ether oxygens (including phenoxy) is 2. The summed E-state index contributed by atoms with van der Waals surface area (Å²) < 4.78 is 12.3. The number of aryl methyl sites for hydroxylation is 3. The normalized spacial score (nSPS) is 18.7. The topological polar surface area (TPSA) is 238 Å². The number of β-amino-alcohol motifs (C(OH)–C–C–N with tert-alkyl or cyclic N) is 1. The van der Waals surface area contributed by atoms with Crippen LogP contribution < -0.4 is 31.5 Å². The molecule has 7 amide bonds. The monoisotopic (exact) mass is 1210 g/mol. The Morgan fingerprint density at radius 1 is 0.784 bits per heavy atom. The molecule has 462 valence electrons. The van der Waals surface area contributed by atoms with Gasteiger partial charge in [-0.05, 0) is 113 Å². The smallest absolute Gasteiger partial charge is 0.407 e. The first-order valence-electron chi connectivity index (χ1n) is 30.7. The molecule has 1 saturated heterocycles. The van der Waals surface area contributed by atoms with Crippen LogP contribution >= 0.6 is 11.3 Å². The molecule has 18 nitrogen and oxygen atoms in total. The van der Waals surface area contributed by atoms with Crippen LogP contribution in [0.2, 0.25) is 0 Å². The van der Waals surface area contributed by atoms with Gasteiger partial charge in [-0.25, -0.2) is 9.78 Å². The van der Waals surface area contributed by atoms with E-state index >= 15 is 0 Å². The highest BCUT2D eigenvalue weighted by Gasteiger charge is 2.46. The molecule has 4 heterocycles. The standard InChI is InChI=1S/C69H80N8O10S/c1-41-62(88-40-72-41)47-28-26-44(27-29-47)36-71-64(81)57-35-49(78)37-76(57)67(84)63(69(3,4)5)75-60(80)21-12-7-14-43-22-24-45(25-23-43)38-86-42(2)55(32-33-59(79)70-6)73-65(82)58-34-48-16-13-15-46-30-31-56(66(83)77(58)61(46)48)74-68(85)87-39-54-52-19-10-8-17-50(52)51-18-9-11-20-53(51)54/h8-11,13,15-20,22-29,40,42,49,54-58,63,78H,7,12,14,21,30-39H2,1-6H3,(H,70,79)(H,71,81)(H,73,82)(H,74,85)(H,75,80)/t42-,49-,55+,56+,57+,58+,63-/m1/s1. The van der Waals surface area contributed by atoms with Crippen molar-refractivity contribution in [2.24, 2.45) is 5.41 Å². The van der Waals surface area contributed by atoms with Crippen LogP contribution in [-0.2, 0) is 70.7 Å². The summed E-state index contributed by atoms with van der Waals surface area (Å²) in [6.07, 6.45) is 1.64. The Hall–Kier alpha value is -8.26. The van der Waals surface area contributed by atoms with Crippen LogP contribution in [0.1, 0.15) is 123 Å². The van der Waals surface area contributed by atoms with Crippen molar-refractivity contribution in [3.63, 3.8) is 0 Å². The largest absolute Gasteiger partial charge is 0.449 e. The summed E-state index contributed by atoms with van der Waals surface area (Å²) in [5.41, 5.74) is 12.8. The third kappa shape index (κ3) is 14.5. The predicted octanol–water partition coefficient (Wildman–Crippen LogP) is 8.37. The number of hydrogen-bond donors (Lipinski definition) is 6. The lowest BCUT2D eigenvalue weighted by molar-refractivity contribution is -0.144. The molecule has 88 heavy (non-hydrogen) atoms. The van der Waals surface area contributed by atoms with Gasteiger partial charge in [0.05, 0.1) is 46.6 Å². The number of benzene rings is 5. The van der Waals surface area contributed by atoms with Crippen molar-refractivity contribution in [1.29, 1.82) is 0 Å². The predicted molar refractivity (Wildman–Crippen MR) is 337 cm³/mol. The average Bonchev–Trinajstić information content (AvgIpc) is 1.88. The number of aromatic nitrogens is 1. The Bertz CT molecular complexity index is 3480. The molecular weight excluding hydrogens is 1130 g/mol. The summed E-state index contributed by atoms with van der Waals surface area (Å²) in [5, 5.41) is 25.3. The van der Waals surface area contributed by atoms with E-state index in [9.17, 15) is 38.7 Å². The summed E-state index contributed by atoms with van der Waals surface area (Å²) >= 11 is 1.57. The van der Waals surface area contributed by atoms with Gasteiger partial charge < -0.3 is 46.1 Å². The minimum atomic E-state index is -0.948. The Morgan fingerprint density at radius 2 is 1.47 bits per heavy atom. The van der Waals surface area contributed by atoms with E-state index in [1.165, 1.54) is 4.90 Å². The second-order valence-corrected chi connectivity index (χ2v) is 25.6. The van der Waals surface area contributed by atoms with E-state index in [1.807, 2.05) is 143 Å². The highest BCUT2D eigenvalue weighted by molar-refractivity contribution is 7.13. The summed E-state index contributed by atoms with van der Waals surface area (Å²) in [6, 6.07) is 33.6. The molecule has 6 N–H and O–H groups in total. The highest BCUT2D eigenvalue weighted by atomic mass is 32.1. The van der Waals surface area contributed by atoms with Crippen molar-refractivity contribution in [2.45, 2.75) is 160 Å². The van der Waals surface area contributed by atoms with Gasteiger partial charge in [0.25, 0.3) is 0 Å². The maximum Gasteiger partial charge on any atom is 0.407 e. The molecule has 0 unspecified atom stereocenters. The lowest BCUT2D eigenvalue weighted by atomic mass is 9.85. The van der Waals surface area contributed by atoms with Gasteiger partial charge in [-0.1, -0.05) is 136 Å². The van der Waals surface area contributed by atoms with Gasteiger partial charge in [0, 0.05) is 51.7 Å². The number of aliphatic hydroxyl groups is 1. The van der Waals surface area contributed by atoms with Gasteiger partial charge in [-0.2, -0.15) is 0 Å². The van der Waals surface area contributed by atoms with Gasteiger partial charge >= 0.3 is 6.09 Å². The van der Waals surface area contributed by atoms with Crippen molar-refractivity contribution < 1.29 is 48.1 Å². The molecule has 7 atom stereocenters. The molecule has 1 aromatic heterocycles. The van der Waals surface area contributed by atoms with E-state index in [0.717, 1.165) is 66.2 Å². The van der Waals surface area contributed by atoms with E-state index < -0.39 is 71.6 Å². The number of hydrogen-bond acceptors (Lipinski definition) is 12. The van der Waals surface area contributed by atoms with Gasteiger partial charge in [-0.15, -0.1) is 11.3 Å². The molecular formula is C69H80N8O10S. The zero-order valence-corrected chi connectivity index (χ0v) is 51.8. The second kappa shape index (κ2) is 27.8. The van der Waals surface area contributed by atoms with Crippen LogP contribution in [0.3, 0.4) is 0 Å². The summed E-state index contributed by atoms with van der Waals surface area (Å²) in [4.78, 5) is 105. The molecule has 0 spiro atoms. The van der Waals surface area contributed by atoms with Gasteiger partial charge in [0.1, 0.15) is 30.8 Å². The zero-order chi connectivity index (χ0) is 62.2. The second-order valence-electron chi connectivity index (χ2n) is 24.7. The molecule has 4 aliphatic rings. The zero-order valence-electron chi connectivity index (χ0n) is 50.9. The van der Waals surface area contributed by atoms with Crippen LogP contribution in [0.15, 0.2) is 121 Å². The summed E-state index contributed by atoms with van der Waals surface area (Å²) in [7, 11) is 1.56. The number of thiazole rings is 1. The minimum Gasteiger partial charge on any atom is -0.449 e. The number of alkyl carbamates (subject to hydrolysis) is 1. The van der Waals surface area contributed by atoms with Crippen LogP contribution in [-0.4, -0.2) is 119 Å². The van der Waals surface area contributed by atoms with E-state index in [1.54, 1.807) is 23.3 Å². The number of amides is 7. The molecule has 6 aromatic rings. The number of carbonyl (C=O) groups excluding carboxylic acids is 7. The third-order valence-corrected chi connectivity index (χ3v) is 18.5. The first-order valence-corrected chi connectivity index (χ1v) is 31.5. The van der Waals surface area contributed by atoms with E-state index in [-0.39, 0.29) is 82.0 Å². The van der Waals surface area contributed by atoms with Crippen LogP contribution in [0.25, 0.3) is 21.6 Å². The Morgan fingerprint density at radius 3 is 2.15 bits per heavy atom. The van der Waals surface area contributed by atoms with E-state index in [4.69, 9.17) is 9.47 Å². The van der Waals surface area contributed by atoms with E-state index in [2.05, 4.69) is 43.7 Å². The Balaban J connectivity index is 0.692. The minimum absolute atomic E-state index is 0.0123. The summed E-state index contributed by atoms with van der Waals surface area (Å²) in [6.45, 7) is 9.97. The van der Waals surface area contributed by atoms with Gasteiger partial charge in [0.2, 0.25) is 35.4 Å². The van der Waals surface area contributed by atoms with Crippen LogP contribution in [0, 0.1) is 12.3 Å². The van der Waals surface area contributed by atoms with Crippen molar-refractivity contribution in [3.8, 4) is 21.6 Å². The number of rotatable bonds is 23. The SMILES string of the molecule is CNC(=O)CC[C@H](NC(=O)[C@@H]1Cc2cccc3c2N1C(=O)[C@@H](NC(=O)OCC1c2ccccc2-c2ccccc21)CC3)[C@@H](C)OCc1ccc(CCCCC(=O)N[C@H](C(=O)N2C[C@H](O)C[C@H]2C(=O)NCc2ccc(-c3scnc3C)cc2)C(C)(C)C)cc1. The van der Waals surface area contributed by atoms with Gasteiger partial charge in [0.15, 0.2) is 0 Å². The first-order chi connectivity index (χ1) is 42.3. The third-order valence-electron chi connectivity index (χ3n) is 17.6. The van der Waals surface area contributed by atoms with Crippen molar-refractivity contribution in [1.82, 2.24) is 36.5 Å². The van der Waals surface area contributed by atoms with Crippen LogP contribution in [0.5, 0.6) is 0 Å². The molecule has 1 aliphatic carbocycles. The fourth-order valence-corrected chi connectivity index (χ4v) is 13.5. The molecule has 19 heteroatoms. The molecule has 10 rings (SSSR count). The summed E-state index contributed by atoms with van der Waals surface area (Å²) in [5.74, 6) is -2.19. The number of nitrogens with zero attached hydrogens (tertiary/aromatic N) is 3. The quantitative estimate of drug-likeness (QED) is 0.0333. The first kappa shape index (κ1) is 62.8. The molecule has 3 aliphatic heterocycles. The maximum absolute atomic E-state index is 14.6. The lowest BCUT2D eigenvalue weighted by Crippen LogP contribution is -2.57. The molecule has 1 fully saturated rings. The molecule has 0 radical (unpaired) electrons. The number of para-hydroxylation sites is 1. The van der Waals surface area contributed by atoms with Crippen LogP contribution in [0.4, 0.5) is 10.5 Å². The number of anilines is 1. The number of fused-ring (bicyclic) bond motifs is 3. The fraction of sp³-hybridized carbons (Fsp3) is 0.420. The Kier molecular flexibility index (Phi) is 19.9. The number of unbranched alkanes of at least 4 members (excludes halogenated alkanes) is 1. The van der Waals surface area contributed by atoms with E-state index in [0.29, 0.717) is 37.8 Å². The maximum atomic E-state index is 14.6. The van der Waals surface area contributed by atoms with Crippen molar-refractivity contribution >= 4 is 58.6 Å². The van der Waals surface area contributed by atoms with Gasteiger partial charge in [-0.3, -0.25) is 33.7 Å². The number of aliphatic hydroxyl groups excluding tert-OH is 1. The molecule has 0 bridgehead atoms. The average molecular weight is 1210 g/mol. The fourth-order valence-electron chi connectivity index (χ4n) is 12.6. The van der Waals surface area contributed by atoms with Crippen molar-refractivity contribution in [3.05, 3.63) is 165 Å². The number of likely N-dealkylation sites (tertiary alicyclic amines) is 1. The van der Waals surface area contributed by atoms with Crippen molar-refractivity contribution in [2.75, 3.05) is 25.1 Å².